The Morgan fingerprint density at radius 2 is 1.68 bits per heavy atom. The molecule has 0 fully saturated rings. The van der Waals surface area contributed by atoms with Crippen molar-refractivity contribution in [3.8, 4) is 0 Å². The molecule has 0 unspecified atom stereocenters. The smallest absolute Gasteiger partial charge is 0.335 e. The highest BCUT2D eigenvalue weighted by Gasteiger charge is 2.11. The first kappa shape index (κ1) is 23.3. The van der Waals surface area contributed by atoms with Crippen molar-refractivity contribution in [3.63, 3.8) is 0 Å². The van der Waals surface area contributed by atoms with E-state index in [1.807, 2.05) is 6.92 Å². The lowest BCUT2D eigenvalue weighted by molar-refractivity contribution is 0.0696. The Morgan fingerprint density at radius 1 is 1.07 bits per heavy atom. The summed E-state index contributed by atoms with van der Waals surface area (Å²) in [4.78, 5) is 26.8. The molecule has 5 heteroatoms. The van der Waals surface area contributed by atoms with E-state index in [0.29, 0.717) is 24.3 Å². The number of hydrogen-bond donors (Lipinski definition) is 2. The van der Waals surface area contributed by atoms with Gasteiger partial charge in [-0.25, -0.2) is 9.78 Å². The van der Waals surface area contributed by atoms with E-state index in [-0.39, 0.29) is 11.3 Å². The van der Waals surface area contributed by atoms with E-state index >= 15 is 0 Å². The molecule has 0 amide bonds. The maximum atomic E-state index is 11.6. The number of aromatic carboxylic acids is 1. The van der Waals surface area contributed by atoms with Crippen LogP contribution in [0.15, 0.2) is 36.5 Å². The van der Waals surface area contributed by atoms with Gasteiger partial charge in [0.2, 0.25) is 0 Å². The number of nitrogens with zero attached hydrogens (tertiary/aromatic N) is 1. The zero-order valence-corrected chi connectivity index (χ0v) is 17.6. The van der Waals surface area contributed by atoms with Gasteiger partial charge in [-0.1, -0.05) is 52.7 Å². The Hall–Kier alpha value is -2.69. The number of carboxylic acids is 1. The van der Waals surface area contributed by atoms with E-state index in [1.165, 1.54) is 12.8 Å². The van der Waals surface area contributed by atoms with Crippen molar-refractivity contribution in [2.24, 2.45) is 5.92 Å². The van der Waals surface area contributed by atoms with E-state index in [9.17, 15) is 9.59 Å². The highest BCUT2D eigenvalue weighted by molar-refractivity contribution is 5.96. The molecule has 28 heavy (non-hydrogen) atoms. The molecule has 2 rings (SSSR count). The maximum absolute atomic E-state index is 11.6. The van der Waals surface area contributed by atoms with Crippen LogP contribution in [-0.2, 0) is 13.0 Å². The summed E-state index contributed by atoms with van der Waals surface area (Å²) in [6, 6.07) is 8.39. The molecule has 1 heterocycles. The third kappa shape index (κ3) is 7.14. The first-order valence-corrected chi connectivity index (χ1v) is 9.88. The number of ketones is 1. The predicted molar refractivity (Wildman–Crippen MR) is 114 cm³/mol. The van der Waals surface area contributed by atoms with Gasteiger partial charge in [0.25, 0.3) is 0 Å². The molecular formula is C23H32N2O3. The normalized spacial score (nSPS) is 10.2. The molecule has 1 aromatic carbocycles. The molecule has 0 radical (unpaired) electrons. The minimum absolute atomic E-state index is 0.0214. The summed E-state index contributed by atoms with van der Waals surface area (Å²) in [5.74, 6) is 0.708. The molecule has 0 aliphatic heterocycles. The molecule has 1 aromatic heterocycles. The van der Waals surface area contributed by atoms with Crippen LogP contribution in [0.2, 0.25) is 0 Å². The number of nitrogens with one attached hydrogen (secondary N) is 1. The summed E-state index contributed by atoms with van der Waals surface area (Å²) in [6.45, 7) is 10.8. The zero-order valence-electron chi connectivity index (χ0n) is 17.6. The van der Waals surface area contributed by atoms with E-state index in [4.69, 9.17) is 5.11 Å². The van der Waals surface area contributed by atoms with E-state index in [1.54, 1.807) is 43.5 Å². The van der Waals surface area contributed by atoms with Gasteiger partial charge in [0.1, 0.15) is 5.82 Å². The first-order chi connectivity index (χ1) is 13.3. The van der Waals surface area contributed by atoms with Crippen LogP contribution < -0.4 is 5.32 Å². The summed E-state index contributed by atoms with van der Waals surface area (Å²) in [6.07, 6.45) is 4.99. The molecule has 2 aromatic rings. The van der Waals surface area contributed by atoms with Gasteiger partial charge in [0.05, 0.1) is 5.56 Å². The number of carbonyl (C=O) groups is 2. The summed E-state index contributed by atoms with van der Waals surface area (Å²) in [5.41, 5.74) is 2.79. The van der Waals surface area contributed by atoms with Crippen LogP contribution in [0.25, 0.3) is 0 Å². The number of hydrogen-bond acceptors (Lipinski definition) is 4. The van der Waals surface area contributed by atoms with Crippen LogP contribution >= 0.6 is 0 Å². The second kappa shape index (κ2) is 11.9. The van der Waals surface area contributed by atoms with Crippen LogP contribution in [0.4, 0.5) is 5.82 Å². The standard InChI is InChI=1S/C17H18N2O3.C6H14/c1-3-14-15(11(2)20)8-9-18-16(14)19-10-12-4-6-13(7-5-12)17(21)22;1-4-6(3)5-2/h4-9H,3,10H2,1-2H3,(H,18,19)(H,21,22);6H,4-5H2,1-3H3. The number of anilines is 1. The zero-order chi connectivity index (χ0) is 21.1. The highest BCUT2D eigenvalue weighted by atomic mass is 16.4. The van der Waals surface area contributed by atoms with Gasteiger partial charge in [0, 0.05) is 23.9 Å². The summed E-state index contributed by atoms with van der Waals surface area (Å²) in [7, 11) is 0. The quantitative estimate of drug-likeness (QED) is 0.579. The van der Waals surface area contributed by atoms with Crippen molar-refractivity contribution in [1.82, 2.24) is 4.98 Å². The number of carboxylic acid groups (broad SMARTS) is 1. The molecule has 0 aliphatic rings. The van der Waals surface area contributed by atoms with Gasteiger partial charge in [-0.15, -0.1) is 0 Å². The molecule has 0 spiro atoms. The third-order valence-electron chi connectivity index (χ3n) is 4.84. The lowest BCUT2D eigenvalue weighted by Crippen LogP contribution is -2.08. The van der Waals surface area contributed by atoms with Crippen molar-refractivity contribution >= 4 is 17.6 Å². The predicted octanol–water partition coefficient (Wildman–Crippen LogP) is 5.60. The molecule has 152 valence electrons. The highest BCUT2D eigenvalue weighted by Crippen LogP contribution is 2.19. The lowest BCUT2D eigenvalue weighted by Gasteiger charge is -2.12. The molecule has 0 aliphatic carbocycles. The Kier molecular flexibility index (Phi) is 9.93. The van der Waals surface area contributed by atoms with Crippen molar-refractivity contribution in [2.45, 2.75) is 60.4 Å². The monoisotopic (exact) mass is 384 g/mol. The average Bonchev–Trinajstić information content (AvgIpc) is 2.71. The number of rotatable bonds is 8. The third-order valence-corrected chi connectivity index (χ3v) is 4.84. The van der Waals surface area contributed by atoms with Gasteiger partial charge < -0.3 is 10.4 Å². The molecule has 0 bridgehead atoms. The molecule has 0 atom stereocenters. The lowest BCUT2D eigenvalue weighted by atomic mass is 10.0. The van der Waals surface area contributed by atoms with Crippen molar-refractivity contribution in [3.05, 3.63) is 58.8 Å². The van der Waals surface area contributed by atoms with Gasteiger partial charge in [-0.3, -0.25) is 4.79 Å². The van der Waals surface area contributed by atoms with Gasteiger partial charge in [0.15, 0.2) is 5.78 Å². The Bertz CT molecular complexity index is 766. The minimum Gasteiger partial charge on any atom is -0.478 e. The molecule has 0 saturated carbocycles. The van der Waals surface area contributed by atoms with Crippen LogP contribution in [-0.4, -0.2) is 21.8 Å². The largest absolute Gasteiger partial charge is 0.478 e. The number of pyridine rings is 1. The van der Waals surface area contributed by atoms with E-state index < -0.39 is 5.97 Å². The summed E-state index contributed by atoms with van der Waals surface area (Å²) >= 11 is 0. The van der Waals surface area contributed by atoms with Crippen molar-refractivity contribution in [2.75, 3.05) is 5.32 Å². The maximum Gasteiger partial charge on any atom is 0.335 e. The number of Topliss-reactive ketones (excluding diaryl/α,β-unsaturated/α-hetero) is 1. The Balaban J connectivity index is 0.000000568. The second-order valence-electron chi connectivity index (χ2n) is 6.87. The SMILES string of the molecule is CCC(C)CC.CCc1c(C(C)=O)ccnc1NCc1ccc(C(=O)O)cc1. The Morgan fingerprint density at radius 3 is 2.11 bits per heavy atom. The van der Waals surface area contributed by atoms with Crippen LogP contribution in [0.1, 0.15) is 79.3 Å². The van der Waals surface area contributed by atoms with Crippen molar-refractivity contribution < 1.29 is 14.7 Å². The topological polar surface area (TPSA) is 79.3 Å². The fraction of sp³-hybridized carbons (Fsp3) is 0.435. The summed E-state index contributed by atoms with van der Waals surface area (Å²) in [5, 5.41) is 12.1. The molecule has 0 saturated heterocycles. The average molecular weight is 385 g/mol. The van der Waals surface area contributed by atoms with E-state index in [2.05, 4.69) is 31.1 Å². The minimum atomic E-state index is -0.941. The van der Waals surface area contributed by atoms with Crippen LogP contribution in [0.3, 0.4) is 0 Å². The fourth-order valence-corrected chi connectivity index (χ4v) is 2.57. The van der Waals surface area contributed by atoms with Gasteiger partial charge >= 0.3 is 5.97 Å². The molecular weight excluding hydrogens is 352 g/mol. The second-order valence-corrected chi connectivity index (χ2v) is 6.87. The molecule has 2 N–H and O–H groups in total. The first-order valence-electron chi connectivity index (χ1n) is 9.88. The van der Waals surface area contributed by atoms with Crippen LogP contribution in [0.5, 0.6) is 0 Å². The van der Waals surface area contributed by atoms with Gasteiger partial charge in [-0.2, -0.15) is 0 Å². The van der Waals surface area contributed by atoms with E-state index in [0.717, 1.165) is 17.0 Å². The number of aromatic nitrogens is 1. The number of benzene rings is 1. The fourth-order valence-electron chi connectivity index (χ4n) is 2.57. The summed E-state index contributed by atoms with van der Waals surface area (Å²) < 4.78 is 0. The Labute approximate surface area is 168 Å². The number of carbonyl (C=O) groups excluding carboxylic acids is 1. The van der Waals surface area contributed by atoms with Crippen LogP contribution in [0, 0.1) is 5.92 Å². The molecule has 5 nitrogen and oxygen atoms in total. The van der Waals surface area contributed by atoms with Gasteiger partial charge in [-0.05, 0) is 43.0 Å². The van der Waals surface area contributed by atoms with Crippen molar-refractivity contribution in [1.29, 1.82) is 0 Å².